The molecular formula is C8H17Cl3N4. The van der Waals surface area contributed by atoms with Crippen molar-refractivity contribution < 1.29 is 0 Å². The molecule has 0 radical (unpaired) electrons. The topological polar surface area (TPSA) is 76.8 Å². The monoisotopic (exact) mass is 274 g/mol. The van der Waals surface area contributed by atoms with E-state index in [9.17, 15) is 0 Å². The minimum absolute atomic E-state index is 0. The zero-order chi connectivity index (χ0) is 10.8. The van der Waals surface area contributed by atoms with Crippen LogP contribution in [0.5, 0.6) is 0 Å². The number of rotatable bonds is 7. The predicted octanol–water partition coefficient (Wildman–Crippen LogP) is 1.38. The van der Waals surface area contributed by atoms with E-state index < -0.39 is 0 Å². The van der Waals surface area contributed by atoms with Crippen molar-refractivity contribution in [3.63, 3.8) is 0 Å². The maximum Gasteiger partial charge on any atom is 0.109 e. The molecule has 0 amide bonds. The van der Waals surface area contributed by atoms with E-state index in [1.54, 1.807) is 0 Å². The van der Waals surface area contributed by atoms with Gasteiger partial charge in [-0.05, 0) is 12.8 Å². The van der Waals surface area contributed by atoms with Crippen molar-refractivity contribution in [3.8, 4) is 0 Å². The van der Waals surface area contributed by atoms with Crippen molar-refractivity contribution in [2.24, 2.45) is 21.5 Å². The fraction of sp³-hybridized carbons (Fsp3) is 0.750. The van der Waals surface area contributed by atoms with Gasteiger partial charge in [0, 0.05) is 13.1 Å². The molecule has 0 bridgehead atoms. The van der Waals surface area contributed by atoms with Crippen LogP contribution in [0.25, 0.3) is 0 Å². The summed E-state index contributed by atoms with van der Waals surface area (Å²) in [5, 5.41) is 0. The number of nitrogens with zero attached hydrogens (tertiary/aromatic N) is 2. The Morgan fingerprint density at radius 2 is 1.20 bits per heavy atom. The molecule has 0 unspecified atom stereocenters. The third kappa shape index (κ3) is 11.7. The Labute approximate surface area is 107 Å². The number of alkyl halides is 2. The fourth-order valence-corrected chi connectivity index (χ4v) is 0.922. The first-order chi connectivity index (χ1) is 6.70. The lowest BCUT2D eigenvalue weighted by atomic mass is 10.3. The van der Waals surface area contributed by atoms with E-state index in [1.807, 2.05) is 0 Å². The number of halogens is 3. The van der Waals surface area contributed by atoms with E-state index in [4.69, 9.17) is 34.7 Å². The second-order valence-corrected chi connectivity index (χ2v) is 3.26. The van der Waals surface area contributed by atoms with Gasteiger partial charge in [-0.3, -0.25) is 9.98 Å². The van der Waals surface area contributed by atoms with Crippen molar-refractivity contribution in [2.45, 2.75) is 12.8 Å². The van der Waals surface area contributed by atoms with Crippen LogP contribution in [-0.4, -0.2) is 36.5 Å². The average molecular weight is 276 g/mol. The summed E-state index contributed by atoms with van der Waals surface area (Å²) in [7, 11) is 0. The van der Waals surface area contributed by atoms with Gasteiger partial charge in [-0.25, -0.2) is 0 Å². The van der Waals surface area contributed by atoms with Gasteiger partial charge in [0.05, 0.1) is 11.8 Å². The molecule has 90 valence electrons. The number of hydrogen-bond acceptors (Lipinski definition) is 2. The van der Waals surface area contributed by atoms with Gasteiger partial charge in [-0.15, -0.1) is 35.6 Å². The third-order valence-electron chi connectivity index (χ3n) is 1.47. The van der Waals surface area contributed by atoms with Crippen LogP contribution in [0.3, 0.4) is 0 Å². The van der Waals surface area contributed by atoms with Gasteiger partial charge < -0.3 is 11.5 Å². The molecule has 0 heterocycles. The number of hydrogen-bond donors (Lipinski definition) is 2. The van der Waals surface area contributed by atoms with Crippen LogP contribution in [-0.2, 0) is 0 Å². The Morgan fingerprint density at radius 1 is 0.867 bits per heavy atom. The largest absolute Gasteiger partial charge is 0.386 e. The van der Waals surface area contributed by atoms with Gasteiger partial charge in [0.1, 0.15) is 11.7 Å². The Bertz CT molecular complexity index is 184. The number of nitrogens with two attached hydrogens (primary N) is 2. The molecule has 0 fully saturated rings. The van der Waals surface area contributed by atoms with Crippen LogP contribution in [0.2, 0.25) is 0 Å². The van der Waals surface area contributed by atoms with Crippen LogP contribution < -0.4 is 11.5 Å². The maximum atomic E-state index is 5.44. The summed E-state index contributed by atoms with van der Waals surface area (Å²) in [5.74, 6) is 1.54. The highest BCUT2D eigenvalue weighted by Gasteiger charge is 1.90. The molecular weight excluding hydrogens is 258 g/mol. The highest BCUT2D eigenvalue weighted by molar-refractivity contribution is 6.28. The molecule has 0 saturated carbocycles. The molecule has 4 nitrogen and oxygen atoms in total. The van der Waals surface area contributed by atoms with E-state index in [0.717, 1.165) is 12.8 Å². The lowest BCUT2D eigenvalue weighted by Gasteiger charge is -1.97. The van der Waals surface area contributed by atoms with Crippen LogP contribution in [0, 0.1) is 0 Å². The average Bonchev–Trinajstić information content (AvgIpc) is 2.22. The molecule has 0 aliphatic rings. The van der Waals surface area contributed by atoms with Crippen LogP contribution in [0.1, 0.15) is 12.8 Å². The Hall–Kier alpha value is -0.190. The minimum Gasteiger partial charge on any atom is -0.386 e. The molecule has 0 saturated heterocycles. The number of aliphatic imine (C=N–C) groups is 2. The first kappa shape index (κ1) is 17.2. The molecule has 0 aromatic carbocycles. The molecule has 0 spiro atoms. The SMILES string of the molecule is Cl.NC(CCl)=NCCCCN=C(N)CCl. The van der Waals surface area contributed by atoms with E-state index in [2.05, 4.69) is 9.98 Å². The van der Waals surface area contributed by atoms with Crippen LogP contribution in [0.4, 0.5) is 0 Å². The lowest BCUT2D eigenvalue weighted by Crippen LogP contribution is -2.14. The smallest absolute Gasteiger partial charge is 0.109 e. The van der Waals surface area contributed by atoms with E-state index in [1.165, 1.54) is 0 Å². The molecule has 0 atom stereocenters. The Balaban J connectivity index is 0. The summed E-state index contributed by atoms with van der Waals surface area (Å²) in [4.78, 5) is 8.07. The third-order valence-corrected chi connectivity index (χ3v) is 2.02. The molecule has 4 N–H and O–H groups in total. The summed E-state index contributed by atoms with van der Waals surface area (Å²) in [5.41, 5.74) is 10.8. The number of unbranched alkanes of at least 4 members (excludes halogenated alkanes) is 1. The standard InChI is InChI=1S/C8H16Cl2N4.ClH/c9-5-7(11)13-3-1-2-4-14-8(12)6-10;/h1-6H2,(H2,11,13)(H2,12,14);1H. The first-order valence-corrected chi connectivity index (χ1v) is 5.47. The Kier molecular flexibility index (Phi) is 13.6. The molecule has 7 heteroatoms. The van der Waals surface area contributed by atoms with Gasteiger partial charge in [0.15, 0.2) is 0 Å². The van der Waals surface area contributed by atoms with Crippen LogP contribution >= 0.6 is 35.6 Å². The molecule has 0 rings (SSSR count). The Morgan fingerprint density at radius 3 is 1.47 bits per heavy atom. The van der Waals surface area contributed by atoms with Gasteiger partial charge in [-0.1, -0.05) is 0 Å². The van der Waals surface area contributed by atoms with E-state index in [-0.39, 0.29) is 24.2 Å². The second-order valence-electron chi connectivity index (χ2n) is 2.72. The highest BCUT2D eigenvalue weighted by atomic mass is 35.5. The quantitative estimate of drug-likeness (QED) is 0.319. The van der Waals surface area contributed by atoms with Crippen molar-refractivity contribution in [3.05, 3.63) is 0 Å². The van der Waals surface area contributed by atoms with Crippen molar-refractivity contribution in [1.82, 2.24) is 0 Å². The van der Waals surface area contributed by atoms with Gasteiger partial charge >= 0.3 is 0 Å². The maximum absolute atomic E-state index is 5.44. The van der Waals surface area contributed by atoms with E-state index >= 15 is 0 Å². The van der Waals surface area contributed by atoms with Crippen molar-refractivity contribution in [2.75, 3.05) is 24.8 Å². The predicted molar refractivity (Wildman–Crippen MR) is 70.9 cm³/mol. The molecule has 0 aliphatic heterocycles. The molecule has 0 aromatic heterocycles. The summed E-state index contributed by atoms with van der Waals surface area (Å²) in [6.07, 6.45) is 1.85. The first-order valence-electron chi connectivity index (χ1n) is 4.40. The minimum atomic E-state index is 0. The molecule has 0 aromatic rings. The normalized spacial score (nSPS) is 12.4. The summed E-state index contributed by atoms with van der Waals surface area (Å²) < 4.78 is 0. The van der Waals surface area contributed by atoms with Crippen LogP contribution in [0.15, 0.2) is 9.98 Å². The van der Waals surface area contributed by atoms with Gasteiger partial charge in [-0.2, -0.15) is 0 Å². The highest BCUT2D eigenvalue weighted by Crippen LogP contribution is 1.91. The molecule has 15 heavy (non-hydrogen) atoms. The molecule has 0 aliphatic carbocycles. The van der Waals surface area contributed by atoms with Crippen molar-refractivity contribution >= 4 is 47.3 Å². The summed E-state index contributed by atoms with van der Waals surface area (Å²) in [6.45, 7) is 1.38. The van der Waals surface area contributed by atoms with Gasteiger partial charge in [0.2, 0.25) is 0 Å². The second kappa shape index (κ2) is 11.9. The van der Waals surface area contributed by atoms with E-state index in [0.29, 0.717) is 24.8 Å². The van der Waals surface area contributed by atoms with Crippen molar-refractivity contribution in [1.29, 1.82) is 0 Å². The zero-order valence-corrected chi connectivity index (χ0v) is 10.8. The number of amidine groups is 2. The summed E-state index contributed by atoms with van der Waals surface area (Å²) >= 11 is 10.9. The van der Waals surface area contributed by atoms with Gasteiger partial charge in [0.25, 0.3) is 0 Å². The zero-order valence-electron chi connectivity index (χ0n) is 8.46. The summed E-state index contributed by atoms with van der Waals surface area (Å²) in [6, 6.07) is 0. The fourth-order valence-electron chi connectivity index (χ4n) is 0.753. The lowest BCUT2D eigenvalue weighted by molar-refractivity contribution is 0.755.